The first-order valence-corrected chi connectivity index (χ1v) is 21.2. The van der Waals surface area contributed by atoms with Crippen molar-refractivity contribution in [3.05, 3.63) is 24.3 Å². The summed E-state index contributed by atoms with van der Waals surface area (Å²) in [5.41, 5.74) is 0. The standard InChI is InChI=1S/C39H73O8P/c1-3-5-7-9-11-13-15-16-17-18-19-20-21-22-24-26-28-30-32-34-39(41)47-37(36-46-48(42,43)44)35-45-38(40)33-31-29-27-25-23-14-12-10-8-6-4-2/h10,12,16-17,37H,3-9,11,13-15,18-36H2,1-2H3,(H2,42,43,44)/b12-10-,17-16-/t37-/m1/s1. The van der Waals surface area contributed by atoms with Crippen molar-refractivity contribution in [2.24, 2.45) is 0 Å². The molecule has 0 saturated carbocycles. The van der Waals surface area contributed by atoms with Gasteiger partial charge in [-0.15, -0.1) is 0 Å². The molecule has 9 heteroatoms. The molecule has 0 amide bonds. The quantitative estimate of drug-likeness (QED) is 0.0287. The number of rotatable bonds is 36. The molecule has 0 unspecified atom stereocenters. The van der Waals surface area contributed by atoms with Gasteiger partial charge in [-0.05, 0) is 57.8 Å². The predicted octanol–water partition coefficient (Wildman–Crippen LogP) is 11.6. The van der Waals surface area contributed by atoms with Crippen LogP contribution in [0.25, 0.3) is 0 Å². The lowest BCUT2D eigenvalue weighted by Crippen LogP contribution is -2.29. The number of allylic oxidation sites excluding steroid dienone is 4. The van der Waals surface area contributed by atoms with E-state index in [1.54, 1.807) is 0 Å². The van der Waals surface area contributed by atoms with Crippen molar-refractivity contribution in [1.82, 2.24) is 0 Å². The second-order valence-corrected chi connectivity index (χ2v) is 14.5. The highest BCUT2D eigenvalue weighted by atomic mass is 31.2. The summed E-state index contributed by atoms with van der Waals surface area (Å²) >= 11 is 0. The summed E-state index contributed by atoms with van der Waals surface area (Å²) in [6, 6.07) is 0. The zero-order valence-electron chi connectivity index (χ0n) is 30.9. The van der Waals surface area contributed by atoms with E-state index in [2.05, 4.69) is 42.7 Å². The summed E-state index contributed by atoms with van der Waals surface area (Å²) in [4.78, 5) is 42.7. The number of phosphoric acid groups is 1. The van der Waals surface area contributed by atoms with Gasteiger partial charge in [0.2, 0.25) is 0 Å². The highest BCUT2D eigenvalue weighted by Gasteiger charge is 2.22. The van der Waals surface area contributed by atoms with Crippen molar-refractivity contribution < 1.29 is 37.9 Å². The Kier molecular flexibility index (Phi) is 34.3. The van der Waals surface area contributed by atoms with Crippen LogP contribution in [-0.4, -0.2) is 41.0 Å². The minimum Gasteiger partial charge on any atom is -0.462 e. The van der Waals surface area contributed by atoms with E-state index >= 15 is 0 Å². The molecule has 2 N–H and O–H groups in total. The van der Waals surface area contributed by atoms with E-state index in [0.29, 0.717) is 12.8 Å². The third-order valence-electron chi connectivity index (χ3n) is 8.44. The summed E-state index contributed by atoms with van der Waals surface area (Å²) in [6.45, 7) is 3.63. The van der Waals surface area contributed by atoms with Crippen molar-refractivity contribution in [2.75, 3.05) is 13.2 Å². The van der Waals surface area contributed by atoms with Crippen molar-refractivity contribution in [1.29, 1.82) is 0 Å². The van der Waals surface area contributed by atoms with Crippen LogP contribution < -0.4 is 0 Å². The second-order valence-electron chi connectivity index (χ2n) is 13.2. The number of carbonyl (C=O) groups is 2. The molecule has 0 aliphatic carbocycles. The maximum Gasteiger partial charge on any atom is 0.469 e. The van der Waals surface area contributed by atoms with E-state index < -0.39 is 32.5 Å². The first kappa shape index (κ1) is 46.5. The summed E-state index contributed by atoms with van der Waals surface area (Å²) in [6.07, 6.45) is 39.0. The van der Waals surface area contributed by atoms with E-state index in [-0.39, 0.29) is 19.4 Å². The lowest BCUT2D eigenvalue weighted by atomic mass is 10.1. The van der Waals surface area contributed by atoms with Crippen molar-refractivity contribution in [2.45, 2.75) is 200 Å². The van der Waals surface area contributed by atoms with Gasteiger partial charge in [-0.25, -0.2) is 4.57 Å². The molecule has 0 aromatic rings. The van der Waals surface area contributed by atoms with Gasteiger partial charge in [0.25, 0.3) is 0 Å². The van der Waals surface area contributed by atoms with Gasteiger partial charge in [0.1, 0.15) is 6.61 Å². The largest absolute Gasteiger partial charge is 0.469 e. The number of esters is 2. The molecule has 0 aromatic carbocycles. The van der Waals surface area contributed by atoms with E-state index in [1.807, 2.05) is 0 Å². The molecular formula is C39H73O8P. The van der Waals surface area contributed by atoms with Crippen LogP contribution in [0.3, 0.4) is 0 Å². The maximum absolute atomic E-state index is 12.4. The molecule has 0 fully saturated rings. The lowest BCUT2D eigenvalue weighted by Gasteiger charge is -2.18. The number of hydrogen-bond acceptors (Lipinski definition) is 6. The van der Waals surface area contributed by atoms with E-state index in [4.69, 9.17) is 19.3 Å². The molecule has 48 heavy (non-hydrogen) atoms. The Morgan fingerprint density at radius 3 is 1.33 bits per heavy atom. The number of carbonyl (C=O) groups excluding carboxylic acids is 2. The normalized spacial score (nSPS) is 12.7. The van der Waals surface area contributed by atoms with Gasteiger partial charge < -0.3 is 19.3 Å². The fraction of sp³-hybridized carbons (Fsp3) is 0.846. The van der Waals surface area contributed by atoms with E-state index in [1.165, 1.54) is 96.3 Å². The number of ether oxygens (including phenoxy) is 2. The number of phosphoric ester groups is 1. The Hall–Kier alpha value is -1.47. The Labute approximate surface area is 294 Å². The van der Waals surface area contributed by atoms with Gasteiger partial charge in [-0.3, -0.25) is 14.1 Å². The van der Waals surface area contributed by atoms with Crippen molar-refractivity contribution >= 4 is 19.8 Å². The fourth-order valence-corrected chi connectivity index (χ4v) is 5.83. The van der Waals surface area contributed by atoms with Crippen LogP contribution in [0.2, 0.25) is 0 Å². The molecule has 0 spiro atoms. The average molecular weight is 701 g/mol. The third-order valence-corrected chi connectivity index (χ3v) is 8.93. The van der Waals surface area contributed by atoms with Crippen LogP contribution in [0.5, 0.6) is 0 Å². The first-order valence-electron chi connectivity index (χ1n) is 19.6. The predicted molar refractivity (Wildman–Crippen MR) is 198 cm³/mol. The molecule has 0 heterocycles. The van der Waals surface area contributed by atoms with E-state index in [0.717, 1.165) is 57.8 Å². The van der Waals surface area contributed by atoms with Crippen LogP contribution in [-0.2, 0) is 28.2 Å². The van der Waals surface area contributed by atoms with Gasteiger partial charge in [-0.1, -0.05) is 147 Å². The lowest BCUT2D eigenvalue weighted by molar-refractivity contribution is -0.161. The van der Waals surface area contributed by atoms with Crippen LogP contribution >= 0.6 is 7.82 Å². The molecule has 0 radical (unpaired) electrons. The minimum absolute atomic E-state index is 0.210. The van der Waals surface area contributed by atoms with Crippen LogP contribution in [0.15, 0.2) is 24.3 Å². The minimum atomic E-state index is -4.75. The highest BCUT2D eigenvalue weighted by molar-refractivity contribution is 7.46. The smallest absolute Gasteiger partial charge is 0.462 e. The Balaban J connectivity index is 3.91. The molecule has 282 valence electrons. The zero-order chi connectivity index (χ0) is 35.4. The van der Waals surface area contributed by atoms with Crippen LogP contribution in [0.4, 0.5) is 0 Å². The fourth-order valence-electron chi connectivity index (χ4n) is 5.47. The highest BCUT2D eigenvalue weighted by Crippen LogP contribution is 2.36. The Bertz CT molecular complexity index is 838. The third kappa shape index (κ3) is 37.4. The Morgan fingerprint density at radius 2 is 0.896 bits per heavy atom. The molecule has 0 bridgehead atoms. The zero-order valence-corrected chi connectivity index (χ0v) is 31.8. The van der Waals surface area contributed by atoms with Crippen LogP contribution in [0, 0.1) is 0 Å². The molecule has 0 aliphatic heterocycles. The Morgan fingerprint density at radius 1 is 0.521 bits per heavy atom. The average Bonchev–Trinajstić information content (AvgIpc) is 3.05. The van der Waals surface area contributed by atoms with Gasteiger partial charge in [-0.2, -0.15) is 0 Å². The van der Waals surface area contributed by atoms with E-state index in [9.17, 15) is 14.2 Å². The molecule has 1 atom stereocenters. The van der Waals surface area contributed by atoms with Gasteiger partial charge in [0.05, 0.1) is 6.61 Å². The molecular weight excluding hydrogens is 627 g/mol. The topological polar surface area (TPSA) is 119 Å². The first-order chi connectivity index (χ1) is 23.3. The maximum atomic E-state index is 12.4. The summed E-state index contributed by atoms with van der Waals surface area (Å²) in [7, 11) is -4.75. The SMILES string of the molecule is CCCC/C=C\CCCCCCCC(=O)OC[C@H](COP(=O)(O)O)OC(=O)CCCCCCCCCCC/C=C\CCCCCCCC. The molecule has 0 saturated heterocycles. The van der Waals surface area contributed by atoms with Crippen molar-refractivity contribution in [3.8, 4) is 0 Å². The van der Waals surface area contributed by atoms with Gasteiger partial charge >= 0.3 is 19.8 Å². The van der Waals surface area contributed by atoms with Crippen molar-refractivity contribution in [3.63, 3.8) is 0 Å². The molecule has 0 aromatic heterocycles. The van der Waals surface area contributed by atoms with Crippen LogP contribution in [0.1, 0.15) is 194 Å². The number of hydrogen-bond donors (Lipinski definition) is 2. The van der Waals surface area contributed by atoms with Gasteiger partial charge in [0.15, 0.2) is 6.10 Å². The number of unbranched alkanes of at least 4 members (excludes halogenated alkanes) is 22. The second kappa shape index (κ2) is 35.4. The molecule has 0 rings (SSSR count). The summed E-state index contributed by atoms with van der Waals surface area (Å²) in [5.74, 6) is -0.895. The summed E-state index contributed by atoms with van der Waals surface area (Å²) in [5, 5.41) is 0. The van der Waals surface area contributed by atoms with Gasteiger partial charge in [0, 0.05) is 12.8 Å². The molecule has 0 aliphatic rings. The summed E-state index contributed by atoms with van der Waals surface area (Å²) < 4.78 is 26.3. The monoisotopic (exact) mass is 701 g/mol. The molecule has 8 nitrogen and oxygen atoms in total.